The summed E-state index contributed by atoms with van der Waals surface area (Å²) in [5.74, 6) is 2.75. The van der Waals surface area contributed by atoms with Gasteiger partial charge in [-0.25, -0.2) is 9.67 Å². The summed E-state index contributed by atoms with van der Waals surface area (Å²) in [7, 11) is 0. The summed E-state index contributed by atoms with van der Waals surface area (Å²) >= 11 is 0. The van der Waals surface area contributed by atoms with Gasteiger partial charge in [-0.05, 0) is 38.8 Å². The molecule has 1 aliphatic rings. The SMILES string of the molecule is Cc1nc(C)n(C[C@@H]2CN(CCCOc3ccccc3C)CCO2)n1. The first-order valence-corrected chi connectivity index (χ1v) is 9.02. The van der Waals surface area contributed by atoms with E-state index < -0.39 is 0 Å². The number of morpholine rings is 1. The van der Waals surface area contributed by atoms with E-state index in [1.807, 2.05) is 36.7 Å². The molecule has 1 aromatic heterocycles. The lowest BCUT2D eigenvalue weighted by atomic mass is 10.2. The van der Waals surface area contributed by atoms with Gasteiger partial charge < -0.3 is 9.47 Å². The fraction of sp³-hybridized carbons (Fsp3) is 0.579. The van der Waals surface area contributed by atoms with E-state index in [1.54, 1.807) is 0 Å². The van der Waals surface area contributed by atoms with Crippen LogP contribution in [0.25, 0.3) is 0 Å². The van der Waals surface area contributed by atoms with Crippen LogP contribution in [0.1, 0.15) is 23.6 Å². The molecule has 1 fully saturated rings. The lowest BCUT2D eigenvalue weighted by molar-refractivity contribution is -0.0387. The Balaban J connectivity index is 1.41. The summed E-state index contributed by atoms with van der Waals surface area (Å²) < 4.78 is 13.7. The molecule has 2 heterocycles. The lowest BCUT2D eigenvalue weighted by Crippen LogP contribution is -2.45. The number of para-hydroxylation sites is 1. The maximum Gasteiger partial charge on any atom is 0.147 e. The predicted molar refractivity (Wildman–Crippen MR) is 97.0 cm³/mol. The minimum absolute atomic E-state index is 0.172. The highest BCUT2D eigenvalue weighted by atomic mass is 16.5. The largest absolute Gasteiger partial charge is 0.493 e. The number of aromatic nitrogens is 3. The number of nitrogens with zero attached hydrogens (tertiary/aromatic N) is 4. The topological polar surface area (TPSA) is 52.4 Å². The van der Waals surface area contributed by atoms with Crippen molar-refractivity contribution in [1.29, 1.82) is 0 Å². The second kappa shape index (κ2) is 8.45. The van der Waals surface area contributed by atoms with Crippen LogP contribution in [0.3, 0.4) is 0 Å². The fourth-order valence-electron chi connectivity index (χ4n) is 3.21. The maximum absolute atomic E-state index is 5.91. The molecule has 0 bridgehead atoms. The molecule has 6 heteroatoms. The second-order valence-corrected chi connectivity index (χ2v) is 6.65. The van der Waals surface area contributed by atoms with Crippen molar-refractivity contribution in [2.75, 3.05) is 32.8 Å². The van der Waals surface area contributed by atoms with Crippen molar-refractivity contribution < 1.29 is 9.47 Å². The van der Waals surface area contributed by atoms with Crippen LogP contribution in [0.15, 0.2) is 24.3 Å². The second-order valence-electron chi connectivity index (χ2n) is 6.65. The van der Waals surface area contributed by atoms with E-state index in [0.717, 1.165) is 63.2 Å². The van der Waals surface area contributed by atoms with Gasteiger partial charge in [-0.15, -0.1) is 0 Å². The smallest absolute Gasteiger partial charge is 0.147 e. The molecule has 0 aliphatic carbocycles. The Hall–Kier alpha value is -1.92. The van der Waals surface area contributed by atoms with Gasteiger partial charge >= 0.3 is 0 Å². The van der Waals surface area contributed by atoms with Gasteiger partial charge in [-0.2, -0.15) is 5.10 Å². The average Bonchev–Trinajstić information content (AvgIpc) is 2.91. The summed E-state index contributed by atoms with van der Waals surface area (Å²) in [5.41, 5.74) is 1.19. The van der Waals surface area contributed by atoms with E-state index in [2.05, 4.69) is 28.0 Å². The van der Waals surface area contributed by atoms with Crippen LogP contribution in [0, 0.1) is 20.8 Å². The van der Waals surface area contributed by atoms with E-state index in [4.69, 9.17) is 9.47 Å². The molecule has 1 saturated heterocycles. The number of aryl methyl sites for hydroxylation is 3. The molecule has 1 aromatic carbocycles. The molecular weight excluding hydrogens is 316 g/mol. The molecule has 1 aliphatic heterocycles. The molecule has 1 atom stereocenters. The Morgan fingerprint density at radius 3 is 2.84 bits per heavy atom. The van der Waals surface area contributed by atoms with E-state index in [1.165, 1.54) is 5.56 Å². The van der Waals surface area contributed by atoms with Crippen molar-refractivity contribution in [3.05, 3.63) is 41.5 Å². The standard InChI is InChI=1S/C19H28N4O2/c1-15-7-4-5-8-19(15)25-11-6-9-22-10-12-24-18(13-22)14-23-17(3)20-16(2)21-23/h4-5,7-8,18H,6,9-14H2,1-3H3/t18-/m0/s1. The van der Waals surface area contributed by atoms with Crippen LogP contribution in [0.4, 0.5) is 0 Å². The highest BCUT2D eigenvalue weighted by molar-refractivity contribution is 5.31. The molecule has 0 unspecified atom stereocenters. The van der Waals surface area contributed by atoms with Crippen LogP contribution in [0.2, 0.25) is 0 Å². The van der Waals surface area contributed by atoms with Crippen LogP contribution in [0.5, 0.6) is 5.75 Å². The minimum atomic E-state index is 0.172. The zero-order valence-electron chi connectivity index (χ0n) is 15.4. The molecule has 2 aromatic rings. The number of hydrogen-bond donors (Lipinski definition) is 0. The molecule has 25 heavy (non-hydrogen) atoms. The van der Waals surface area contributed by atoms with Gasteiger partial charge in [-0.1, -0.05) is 18.2 Å². The van der Waals surface area contributed by atoms with Gasteiger partial charge in [0.05, 0.1) is 25.9 Å². The van der Waals surface area contributed by atoms with Gasteiger partial charge in [-0.3, -0.25) is 4.90 Å². The molecule has 3 rings (SSSR count). The van der Waals surface area contributed by atoms with E-state index in [9.17, 15) is 0 Å². The number of ether oxygens (including phenoxy) is 2. The summed E-state index contributed by atoms with van der Waals surface area (Å²) in [4.78, 5) is 6.81. The van der Waals surface area contributed by atoms with Gasteiger partial charge in [0.25, 0.3) is 0 Å². The molecule has 0 spiro atoms. The van der Waals surface area contributed by atoms with E-state index in [-0.39, 0.29) is 6.10 Å². The quantitative estimate of drug-likeness (QED) is 0.722. The van der Waals surface area contributed by atoms with Gasteiger partial charge in [0.2, 0.25) is 0 Å². The summed E-state index contributed by atoms with van der Waals surface area (Å²) in [6.07, 6.45) is 1.19. The molecule has 0 radical (unpaired) electrons. The van der Waals surface area contributed by atoms with Crippen molar-refractivity contribution in [3.8, 4) is 5.75 Å². The predicted octanol–water partition coefficient (Wildman–Crippen LogP) is 2.37. The normalized spacial score (nSPS) is 18.4. The third-order valence-electron chi connectivity index (χ3n) is 4.53. The van der Waals surface area contributed by atoms with E-state index in [0.29, 0.717) is 0 Å². The van der Waals surface area contributed by atoms with Gasteiger partial charge in [0, 0.05) is 19.6 Å². The highest BCUT2D eigenvalue weighted by Gasteiger charge is 2.21. The van der Waals surface area contributed by atoms with Crippen LogP contribution < -0.4 is 4.74 Å². The van der Waals surface area contributed by atoms with Gasteiger partial charge in [0.15, 0.2) is 0 Å². The Morgan fingerprint density at radius 1 is 1.24 bits per heavy atom. The summed E-state index contributed by atoms with van der Waals surface area (Å²) in [6.45, 7) is 11.2. The molecule has 0 amide bonds. The first kappa shape index (κ1) is 17.9. The number of hydrogen-bond acceptors (Lipinski definition) is 5. The highest BCUT2D eigenvalue weighted by Crippen LogP contribution is 2.16. The van der Waals surface area contributed by atoms with Crippen LogP contribution in [-0.4, -0.2) is 58.6 Å². The molecular formula is C19H28N4O2. The Morgan fingerprint density at radius 2 is 2.08 bits per heavy atom. The monoisotopic (exact) mass is 344 g/mol. The first-order chi connectivity index (χ1) is 12.1. The Bertz CT molecular complexity index is 686. The van der Waals surface area contributed by atoms with Crippen molar-refractivity contribution in [1.82, 2.24) is 19.7 Å². The molecule has 0 saturated carbocycles. The van der Waals surface area contributed by atoms with Crippen molar-refractivity contribution in [3.63, 3.8) is 0 Å². The zero-order chi connectivity index (χ0) is 17.6. The maximum atomic E-state index is 5.91. The molecule has 6 nitrogen and oxygen atoms in total. The Kier molecular flexibility index (Phi) is 6.04. The van der Waals surface area contributed by atoms with Crippen LogP contribution >= 0.6 is 0 Å². The van der Waals surface area contributed by atoms with Crippen molar-refractivity contribution in [2.24, 2.45) is 0 Å². The third-order valence-corrected chi connectivity index (χ3v) is 4.53. The summed E-state index contributed by atoms with van der Waals surface area (Å²) in [5, 5.41) is 4.43. The lowest BCUT2D eigenvalue weighted by Gasteiger charge is -2.32. The fourth-order valence-corrected chi connectivity index (χ4v) is 3.21. The Labute approximate surface area is 149 Å². The van der Waals surface area contributed by atoms with E-state index >= 15 is 0 Å². The van der Waals surface area contributed by atoms with Crippen LogP contribution in [-0.2, 0) is 11.3 Å². The zero-order valence-corrected chi connectivity index (χ0v) is 15.4. The first-order valence-electron chi connectivity index (χ1n) is 9.02. The minimum Gasteiger partial charge on any atom is -0.493 e. The van der Waals surface area contributed by atoms with Crippen molar-refractivity contribution >= 4 is 0 Å². The van der Waals surface area contributed by atoms with Gasteiger partial charge in [0.1, 0.15) is 17.4 Å². The molecule has 0 N–H and O–H groups in total. The third kappa shape index (κ3) is 5.03. The van der Waals surface area contributed by atoms with Crippen molar-refractivity contribution in [2.45, 2.75) is 39.8 Å². The number of rotatable bonds is 7. The molecule has 136 valence electrons. The number of benzene rings is 1. The summed E-state index contributed by atoms with van der Waals surface area (Å²) in [6, 6.07) is 8.16. The average molecular weight is 344 g/mol.